The van der Waals surface area contributed by atoms with E-state index in [1.807, 2.05) is 49.4 Å². The second kappa shape index (κ2) is 14.3. The van der Waals surface area contributed by atoms with E-state index < -0.39 is 41.7 Å². The molecule has 2 aromatic carbocycles. The lowest BCUT2D eigenvalue weighted by Crippen LogP contribution is -2.52. The first-order chi connectivity index (χ1) is 19.5. The van der Waals surface area contributed by atoms with E-state index in [-0.39, 0.29) is 13.0 Å². The molecule has 0 aliphatic rings. The maximum absolute atomic E-state index is 13.5. The molecule has 0 aliphatic carbocycles. The van der Waals surface area contributed by atoms with E-state index in [0.717, 1.165) is 12.0 Å². The number of nitrogens with zero attached hydrogens (tertiary/aromatic N) is 1. The van der Waals surface area contributed by atoms with E-state index >= 15 is 0 Å². The first-order valence-corrected chi connectivity index (χ1v) is 13.7. The van der Waals surface area contributed by atoms with Gasteiger partial charge in [0.05, 0.1) is 12.6 Å². The number of hydrogen-bond donors (Lipinski definition) is 2. The largest absolute Gasteiger partial charge is 0.467 e. The third kappa shape index (κ3) is 9.09. The zero-order valence-electron chi connectivity index (χ0n) is 24.3. The van der Waals surface area contributed by atoms with Crippen molar-refractivity contribution in [1.82, 2.24) is 15.2 Å². The molecule has 0 saturated carbocycles. The molecule has 10 nitrogen and oxygen atoms in total. The quantitative estimate of drug-likeness (QED) is 0.244. The van der Waals surface area contributed by atoms with Gasteiger partial charge in [0.15, 0.2) is 0 Å². The number of carbonyl (C=O) groups excluding carboxylic acids is 4. The number of ether oxygens (including phenoxy) is 3. The van der Waals surface area contributed by atoms with E-state index in [9.17, 15) is 19.2 Å². The van der Waals surface area contributed by atoms with Gasteiger partial charge in [0.25, 0.3) is 0 Å². The highest BCUT2D eigenvalue weighted by Crippen LogP contribution is 2.24. The van der Waals surface area contributed by atoms with Gasteiger partial charge in [0.1, 0.15) is 24.3 Å². The van der Waals surface area contributed by atoms with Gasteiger partial charge in [-0.05, 0) is 44.4 Å². The summed E-state index contributed by atoms with van der Waals surface area (Å²) in [5.41, 5.74) is 1.29. The second-order valence-corrected chi connectivity index (χ2v) is 10.7. The van der Waals surface area contributed by atoms with Crippen LogP contribution in [0, 0.1) is 0 Å². The Kier molecular flexibility index (Phi) is 10.9. The number of unbranched alkanes of at least 4 members (excludes halogenated alkanes) is 1. The highest BCUT2D eigenvalue weighted by atomic mass is 16.6. The van der Waals surface area contributed by atoms with E-state index in [1.54, 1.807) is 39.1 Å². The van der Waals surface area contributed by atoms with E-state index in [2.05, 4.69) is 10.6 Å². The normalized spacial score (nSPS) is 12.7. The van der Waals surface area contributed by atoms with Crippen molar-refractivity contribution in [3.05, 3.63) is 71.9 Å². The Morgan fingerprint density at radius 3 is 2.27 bits per heavy atom. The minimum atomic E-state index is -1.12. The van der Waals surface area contributed by atoms with Crippen molar-refractivity contribution in [3.63, 3.8) is 0 Å². The lowest BCUT2D eigenvalue weighted by Gasteiger charge is -2.22. The molecule has 0 aliphatic heterocycles. The first kappa shape index (κ1) is 31.2. The van der Waals surface area contributed by atoms with Gasteiger partial charge < -0.3 is 24.8 Å². The first-order valence-electron chi connectivity index (χ1n) is 13.7. The molecule has 220 valence electrons. The van der Waals surface area contributed by atoms with Crippen LogP contribution in [0.5, 0.6) is 0 Å². The summed E-state index contributed by atoms with van der Waals surface area (Å²) in [5, 5.41) is 6.09. The minimum absolute atomic E-state index is 0.0141. The van der Waals surface area contributed by atoms with Crippen LogP contribution in [-0.2, 0) is 36.8 Å². The maximum atomic E-state index is 13.5. The summed E-state index contributed by atoms with van der Waals surface area (Å²) in [7, 11) is 1.26. The molecule has 0 bridgehead atoms. The number of methoxy groups -OCH3 is 1. The van der Waals surface area contributed by atoms with Gasteiger partial charge in [0.2, 0.25) is 5.91 Å². The smallest absolute Gasteiger partial charge is 0.419 e. The number of carbonyl (C=O) groups is 4. The van der Waals surface area contributed by atoms with Gasteiger partial charge in [-0.15, -0.1) is 0 Å². The lowest BCUT2D eigenvalue weighted by atomic mass is 10.0. The van der Waals surface area contributed by atoms with Crippen molar-refractivity contribution in [2.75, 3.05) is 7.11 Å². The molecule has 3 rings (SSSR count). The Morgan fingerprint density at radius 1 is 0.927 bits per heavy atom. The predicted octanol–water partition coefficient (Wildman–Crippen LogP) is 5.11. The van der Waals surface area contributed by atoms with Gasteiger partial charge in [-0.2, -0.15) is 0 Å². The minimum Gasteiger partial charge on any atom is -0.467 e. The summed E-state index contributed by atoms with van der Waals surface area (Å²) in [5.74, 6) is -1.15. The molecule has 1 heterocycles. The van der Waals surface area contributed by atoms with Crippen LogP contribution >= 0.6 is 0 Å². The van der Waals surface area contributed by atoms with Crippen LogP contribution in [0.4, 0.5) is 9.59 Å². The molecular formula is C31H39N3O7. The van der Waals surface area contributed by atoms with Gasteiger partial charge >= 0.3 is 18.2 Å². The van der Waals surface area contributed by atoms with Crippen molar-refractivity contribution in [2.45, 2.75) is 77.7 Å². The summed E-state index contributed by atoms with van der Waals surface area (Å²) in [6.07, 6.45) is 2.16. The topological polar surface area (TPSA) is 125 Å². The molecular weight excluding hydrogens is 526 g/mol. The molecule has 1 aromatic heterocycles. The fraction of sp³-hybridized carbons (Fsp3) is 0.419. The monoisotopic (exact) mass is 565 g/mol. The van der Waals surface area contributed by atoms with Crippen molar-refractivity contribution < 1.29 is 33.4 Å². The van der Waals surface area contributed by atoms with Gasteiger partial charge in [-0.3, -0.25) is 9.36 Å². The van der Waals surface area contributed by atoms with Crippen molar-refractivity contribution in [2.24, 2.45) is 0 Å². The van der Waals surface area contributed by atoms with Crippen molar-refractivity contribution >= 4 is 35.0 Å². The van der Waals surface area contributed by atoms with Crippen LogP contribution in [0.3, 0.4) is 0 Å². The Labute approximate surface area is 240 Å². The Hall–Kier alpha value is -4.34. The number of hydrogen-bond acceptors (Lipinski definition) is 7. The number of alkyl carbamates (subject to hydrolysis) is 1. The van der Waals surface area contributed by atoms with Gasteiger partial charge in [0, 0.05) is 18.0 Å². The van der Waals surface area contributed by atoms with Crippen LogP contribution in [0.25, 0.3) is 10.9 Å². The molecule has 0 fully saturated rings. The van der Waals surface area contributed by atoms with E-state index in [1.165, 1.54) is 11.7 Å². The number of fused-ring (bicyclic) bond motifs is 1. The molecule has 2 N–H and O–H groups in total. The predicted molar refractivity (Wildman–Crippen MR) is 154 cm³/mol. The average molecular weight is 566 g/mol. The lowest BCUT2D eigenvalue weighted by molar-refractivity contribution is -0.145. The maximum Gasteiger partial charge on any atom is 0.419 e. The number of aromatic nitrogens is 1. The molecule has 0 spiro atoms. The highest BCUT2D eigenvalue weighted by molar-refractivity contribution is 5.94. The zero-order chi connectivity index (χ0) is 30.0. The summed E-state index contributed by atoms with van der Waals surface area (Å²) >= 11 is 0. The molecule has 2 amide bonds. The third-order valence-electron chi connectivity index (χ3n) is 6.28. The van der Waals surface area contributed by atoms with Crippen LogP contribution < -0.4 is 10.6 Å². The number of benzene rings is 2. The summed E-state index contributed by atoms with van der Waals surface area (Å²) in [6.45, 7) is 7.32. The van der Waals surface area contributed by atoms with E-state index in [0.29, 0.717) is 29.3 Å². The number of nitrogens with one attached hydrogen (secondary N) is 2. The van der Waals surface area contributed by atoms with Gasteiger partial charge in [-0.25, -0.2) is 14.4 Å². The molecule has 2 atom stereocenters. The number of rotatable bonds is 11. The van der Waals surface area contributed by atoms with E-state index in [4.69, 9.17) is 14.2 Å². The summed E-state index contributed by atoms with van der Waals surface area (Å²) < 4.78 is 17.2. The van der Waals surface area contributed by atoms with Crippen LogP contribution in [0.2, 0.25) is 0 Å². The molecule has 0 radical (unpaired) electrons. The number of para-hydroxylation sites is 1. The molecule has 0 unspecified atom stereocenters. The average Bonchev–Trinajstić information content (AvgIpc) is 3.31. The Morgan fingerprint density at radius 2 is 1.61 bits per heavy atom. The second-order valence-electron chi connectivity index (χ2n) is 10.7. The summed E-state index contributed by atoms with van der Waals surface area (Å²) in [6, 6.07) is 14.4. The van der Waals surface area contributed by atoms with Gasteiger partial charge in [-0.1, -0.05) is 68.3 Å². The zero-order valence-corrected chi connectivity index (χ0v) is 24.3. The Balaban J connectivity index is 1.89. The number of esters is 1. The third-order valence-corrected chi connectivity index (χ3v) is 6.28. The standard InChI is InChI=1S/C31H39N3O7/c1-6-7-16-24(28(36)39-5)32-27(35)25(33-29(37)40-20-21-13-9-8-10-14-21)18-22-19-34(30(38)41-31(2,3)4)26-17-12-11-15-23(22)26/h8-15,17,19,24-25H,6-7,16,18,20H2,1-5H3,(H,32,35)(H,33,37)/t24-,25-/m0/s1. The summed E-state index contributed by atoms with van der Waals surface area (Å²) in [4.78, 5) is 51.7. The SMILES string of the molecule is CCCC[C@H](NC(=O)[C@H](Cc1cn(C(=O)OC(C)(C)C)c2ccccc12)NC(=O)OCc1ccccc1)C(=O)OC. The molecule has 10 heteroatoms. The molecule has 0 saturated heterocycles. The highest BCUT2D eigenvalue weighted by Gasteiger charge is 2.29. The van der Waals surface area contributed by atoms with Crippen molar-refractivity contribution in [3.8, 4) is 0 Å². The van der Waals surface area contributed by atoms with Crippen LogP contribution in [0.15, 0.2) is 60.8 Å². The molecule has 3 aromatic rings. The fourth-order valence-corrected chi connectivity index (χ4v) is 4.28. The number of amides is 2. The van der Waals surface area contributed by atoms with Crippen molar-refractivity contribution in [1.29, 1.82) is 0 Å². The van der Waals surface area contributed by atoms with Crippen LogP contribution in [0.1, 0.15) is 58.1 Å². The molecule has 41 heavy (non-hydrogen) atoms. The fourth-order valence-electron chi connectivity index (χ4n) is 4.28. The Bertz CT molecular complexity index is 1340. The van der Waals surface area contributed by atoms with Crippen LogP contribution in [-0.4, -0.2) is 53.4 Å².